The first kappa shape index (κ1) is 18.3. The fourth-order valence-electron chi connectivity index (χ4n) is 3.26. The number of amides is 1. The molecular weight excluding hydrogens is 372 g/mol. The average molecular weight is 392 g/mol. The number of hydrogen-bond acceptors (Lipinski definition) is 5. The van der Waals surface area contributed by atoms with E-state index in [0.29, 0.717) is 0 Å². The van der Waals surface area contributed by atoms with Gasteiger partial charge in [-0.1, -0.05) is 17.8 Å². The number of hydrogen-bond donors (Lipinski definition) is 2. The smallest absolute Gasteiger partial charge is 0.234 e. The Morgan fingerprint density at radius 3 is 2.68 bits per heavy atom. The highest BCUT2D eigenvalue weighted by molar-refractivity contribution is 8.00. The van der Waals surface area contributed by atoms with Gasteiger partial charge in [0.2, 0.25) is 5.91 Å². The maximum Gasteiger partial charge on any atom is 0.234 e. The fraction of sp³-hybridized carbons (Fsp3) is 0.190. The van der Waals surface area contributed by atoms with Crippen molar-refractivity contribution in [3.05, 3.63) is 53.9 Å². The molecule has 6 nitrogen and oxygen atoms in total. The minimum absolute atomic E-state index is 0.0699. The number of nitrogens with one attached hydrogen (secondary N) is 2. The van der Waals surface area contributed by atoms with Gasteiger partial charge in [-0.15, -0.1) is 0 Å². The summed E-state index contributed by atoms with van der Waals surface area (Å²) in [5, 5.41) is 4.67. The third-order valence-electron chi connectivity index (χ3n) is 4.40. The number of thioether (sulfide) groups is 1. The lowest BCUT2D eigenvalue weighted by Crippen LogP contribution is -2.14. The van der Waals surface area contributed by atoms with Gasteiger partial charge in [-0.2, -0.15) is 0 Å². The van der Waals surface area contributed by atoms with E-state index in [4.69, 9.17) is 4.74 Å². The first-order chi connectivity index (χ1) is 13.5. The summed E-state index contributed by atoms with van der Waals surface area (Å²) in [6, 6.07) is 11.8. The summed E-state index contributed by atoms with van der Waals surface area (Å²) in [6.45, 7) is 4.03. The van der Waals surface area contributed by atoms with Crippen molar-refractivity contribution in [2.24, 2.45) is 0 Å². The third-order valence-corrected chi connectivity index (χ3v) is 5.39. The number of aryl methyl sites for hydroxylation is 2. The number of rotatable bonds is 5. The molecule has 2 heterocycles. The molecule has 0 fully saturated rings. The van der Waals surface area contributed by atoms with Gasteiger partial charge in [-0.3, -0.25) is 4.79 Å². The van der Waals surface area contributed by atoms with Gasteiger partial charge in [0, 0.05) is 16.6 Å². The Balaban J connectivity index is 1.55. The molecule has 0 spiro atoms. The Kier molecular flexibility index (Phi) is 4.92. The van der Waals surface area contributed by atoms with Crippen LogP contribution in [0.4, 0.5) is 5.69 Å². The molecular formula is C21H20N4O2S. The van der Waals surface area contributed by atoms with Gasteiger partial charge in [-0.05, 0) is 55.3 Å². The lowest BCUT2D eigenvalue weighted by Gasteiger charge is -2.07. The second kappa shape index (κ2) is 7.52. The summed E-state index contributed by atoms with van der Waals surface area (Å²) < 4.78 is 5.31. The van der Waals surface area contributed by atoms with Gasteiger partial charge >= 0.3 is 0 Å². The van der Waals surface area contributed by atoms with Crippen molar-refractivity contribution < 1.29 is 9.53 Å². The van der Waals surface area contributed by atoms with Crippen LogP contribution in [-0.4, -0.2) is 33.7 Å². The van der Waals surface area contributed by atoms with E-state index < -0.39 is 0 Å². The molecule has 0 radical (unpaired) electrons. The minimum atomic E-state index is -0.0699. The number of carbonyl (C=O) groups excluding carboxylic acids is 1. The zero-order chi connectivity index (χ0) is 19.7. The molecule has 0 atom stereocenters. The number of nitrogens with zero attached hydrogens (tertiary/aromatic N) is 2. The molecule has 0 bridgehead atoms. The molecule has 2 aromatic carbocycles. The van der Waals surface area contributed by atoms with Gasteiger partial charge in [0.1, 0.15) is 22.6 Å². The highest BCUT2D eigenvalue weighted by Gasteiger charge is 2.13. The van der Waals surface area contributed by atoms with Crippen LogP contribution in [0.5, 0.6) is 5.75 Å². The molecule has 28 heavy (non-hydrogen) atoms. The summed E-state index contributed by atoms with van der Waals surface area (Å²) in [5.41, 5.74) is 5.66. The van der Waals surface area contributed by atoms with E-state index in [2.05, 4.69) is 26.3 Å². The SMILES string of the molecule is COc1ccc2[nH]c3c(SCC(=O)Nc4cc(C)cc(C)c4)ncnc3c2c1. The number of aromatic nitrogens is 3. The Bertz CT molecular complexity index is 1170. The van der Waals surface area contributed by atoms with Crippen molar-refractivity contribution in [3.63, 3.8) is 0 Å². The van der Waals surface area contributed by atoms with Crippen molar-refractivity contribution >= 4 is 45.3 Å². The van der Waals surface area contributed by atoms with E-state index in [-0.39, 0.29) is 11.7 Å². The molecule has 4 aromatic rings. The molecule has 2 aromatic heterocycles. The normalized spacial score (nSPS) is 11.1. The van der Waals surface area contributed by atoms with Crippen LogP contribution in [0.25, 0.3) is 21.9 Å². The van der Waals surface area contributed by atoms with Crippen molar-refractivity contribution in [1.29, 1.82) is 0 Å². The molecule has 0 aliphatic heterocycles. The Morgan fingerprint density at radius 2 is 1.93 bits per heavy atom. The van der Waals surface area contributed by atoms with Crippen LogP contribution < -0.4 is 10.1 Å². The summed E-state index contributed by atoms with van der Waals surface area (Å²) in [5.74, 6) is 0.964. The monoisotopic (exact) mass is 392 g/mol. The zero-order valence-electron chi connectivity index (χ0n) is 15.9. The van der Waals surface area contributed by atoms with Crippen molar-refractivity contribution in [2.75, 3.05) is 18.2 Å². The Hall–Kier alpha value is -3.06. The highest BCUT2D eigenvalue weighted by Crippen LogP contribution is 2.31. The first-order valence-corrected chi connectivity index (χ1v) is 9.83. The summed E-state index contributed by atoms with van der Waals surface area (Å²) >= 11 is 1.39. The van der Waals surface area contributed by atoms with Crippen LogP contribution in [0.15, 0.2) is 47.8 Å². The van der Waals surface area contributed by atoms with Crippen LogP contribution in [0.1, 0.15) is 11.1 Å². The van der Waals surface area contributed by atoms with Crippen LogP contribution in [-0.2, 0) is 4.79 Å². The Labute approximate surface area is 166 Å². The maximum absolute atomic E-state index is 12.4. The molecule has 142 valence electrons. The zero-order valence-corrected chi connectivity index (χ0v) is 16.7. The fourth-order valence-corrected chi connectivity index (χ4v) is 4.02. The van der Waals surface area contributed by atoms with E-state index in [9.17, 15) is 4.79 Å². The number of anilines is 1. The second-order valence-corrected chi connectivity index (χ2v) is 7.62. The van der Waals surface area contributed by atoms with Crippen molar-refractivity contribution in [1.82, 2.24) is 15.0 Å². The molecule has 0 saturated heterocycles. The largest absolute Gasteiger partial charge is 0.497 e. The topological polar surface area (TPSA) is 79.9 Å². The van der Waals surface area contributed by atoms with Gasteiger partial charge in [-0.25, -0.2) is 9.97 Å². The average Bonchev–Trinajstić information content (AvgIpc) is 3.04. The van der Waals surface area contributed by atoms with Gasteiger partial charge in [0.05, 0.1) is 18.4 Å². The van der Waals surface area contributed by atoms with E-state index in [0.717, 1.165) is 49.5 Å². The number of carbonyl (C=O) groups is 1. The molecule has 2 N–H and O–H groups in total. The lowest BCUT2D eigenvalue weighted by atomic mass is 10.1. The molecule has 4 rings (SSSR count). The van der Waals surface area contributed by atoms with Crippen LogP contribution in [0.2, 0.25) is 0 Å². The first-order valence-electron chi connectivity index (χ1n) is 8.85. The van der Waals surface area contributed by atoms with Gasteiger partial charge in [0.25, 0.3) is 0 Å². The van der Waals surface area contributed by atoms with Gasteiger partial charge in [0.15, 0.2) is 0 Å². The molecule has 0 unspecified atom stereocenters. The van der Waals surface area contributed by atoms with Crippen LogP contribution >= 0.6 is 11.8 Å². The number of methoxy groups -OCH3 is 1. The van der Waals surface area contributed by atoms with E-state index in [1.54, 1.807) is 7.11 Å². The number of aromatic amines is 1. The van der Waals surface area contributed by atoms with Crippen LogP contribution in [0, 0.1) is 13.8 Å². The molecule has 0 aliphatic carbocycles. The number of benzene rings is 2. The quantitative estimate of drug-likeness (QED) is 0.387. The maximum atomic E-state index is 12.4. The summed E-state index contributed by atoms with van der Waals surface area (Å²) in [6.07, 6.45) is 1.53. The predicted molar refractivity (Wildman–Crippen MR) is 113 cm³/mol. The Morgan fingerprint density at radius 1 is 1.14 bits per heavy atom. The van der Waals surface area contributed by atoms with E-state index >= 15 is 0 Å². The van der Waals surface area contributed by atoms with Crippen LogP contribution in [0.3, 0.4) is 0 Å². The predicted octanol–water partition coefficient (Wildman–Crippen LogP) is 4.47. The molecule has 7 heteroatoms. The number of H-pyrrole nitrogens is 1. The molecule has 1 amide bonds. The van der Waals surface area contributed by atoms with Gasteiger partial charge < -0.3 is 15.0 Å². The third kappa shape index (κ3) is 3.66. The minimum Gasteiger partial charge on any atom is -0.497 e. The molecule has 0 saturated carbocycles. The van der Waals surface area contributed by atoms with E-state index in [1.807, 2.05) is 44.2 Å². The highest BCUT2D eigenvalue weighted by atomic mass is 32.2. The number of ether oxygens (including phenoxy) is 1. The van der Waals surface area contributed by atoms with E-state index in [1.165, 1.54) is 18.1 Å². The van der Waals surface area contributed by atoms with Crippen molar-refractivity contribution in [3.8, 4) is 5.75 Å². The second-order valence-electron chi connectivity index (χ2n) is 6.65. The number of fused-ring (bicyclic) bond motifs is 3. The standard InChI is InChI=1S/C21H20N4O2S/c1-12-6-13(2)8-14(7-12)24-18(26)10-28-21-20-19(22-11-23-21)16-9-15(27-3)4-5-17(16)25-20/h4-9,11,25H,10H2,1-3H3,(H,24,26). The molecule has 0 aliphatic rings. The summed E-state index contributed by atoms with van der Waals surface area (Å²) in [4.78, 5) is 24.5. The lowest BCUT2D eigenvalue weighted by molar-refractivity contribution is -0.113. The summed E-state index contributed by atoms with van der Waals surface area (Å²) in [7, 11) is 1.64. The van der Waals surface area contributed by atoms with Crippen molar-refractivity contribution in [2.45, 2.75) is 18.9 Å².